The van der Waals surface area contributed by atoms with Crippen LogP contribution in [0.1, 0.15) is 82.0 Å². The second kappa shape index (κ2) is 11.1. The number of hydrogen-bond acceptors (Lipinski definition) is 5. The fourth-order valence-electron chi connectivity index (χ4n) is 5.38. The highest BCUT2D eigenvalue weighted by Crippen LogP contribution is 2.34. The first-order chi connectivity index (χ1) is 16.4. The van der Waals surface area contributed by atoms with Crippen LogP contribution in [0.4, 0.5) is 4.39 Å². The summed E-state index contributed by atoms with van der Waals surface area (Å²) in [7, 11) is 0. The SMILES string of the molecule is CC(=O)NC1(c2noc(CCC(=O)N3CCC(Cc4cccc(F)c4)CC3)n2)CCCCCC1. The van der Waals surface area contributed by atoms with E-state index in [9.17, 15) is 14.0 Å². The molecule has 2 amide bonds. The molecular formula is C26H35FN4O3. The maximum Gasteiger partial charge on any atom is 0.227 e. The fraction of sp³-hybridized carbons (Fsp3) is 0.615. The Bertz CT molecular complexity index is 976. The summed E-state index contributed by atoms with van der Waals surface area (Å²) in [5.41, 5.74) is 0.445. The van der Waals surface area contributed by atoms with Gasteiger partial charge in [0.15, 0.2) is 5.82 Å². The zero-order chi connectivity index (χ0) is 24.0. The summed E-state index contributed by atoms with van der Waals surface area (Å²) >= 11 is 0. The number of nitrogens with one attached hydrogen (secondary N) is 1. The molecule has 2 heterocycles. The van der Waals surface area contributed by atoms with E-state index in [1.54, 1.807) is 12.1 Å². The van der Waals surface area contributed by atoms with Crippen LogP contribution < -0.4 is 5.32 Å². The normalized spacial score (nSPS) is 18.9. The lowest BCUT2D eigenvalue weighted by Gasteiger charge is -2.32. The summed E-state index contributed by atoms with van der Waals surface area (Å²) in [5, 5.41) is 7.29. The standard InChI is InChI=1S/C26H35FN4O3/c1-19(32)29-26(13-4-2-3-5-14-26)25-28-23(34-30-25)9-10-24(33)31-15-11-20(12-16-31)17-21-7-6-8-22(27)18-21/h6-8,18,20H,2-5,9-17H2,1H3,(H,29,32). The first-order valence-electron chi connectivity index (χ1n) is 12.6. The highest BCUT2D eigenvalue weighted by Gasteiger charge is 2.38. The predicted molar refractivity (Wildman–Crippen MR) is 125 cm³/mol. The molecule has 0 atom stereocenters. The van der Waals surface area contributed by atoms with Crippen molar-refractivity contribution >= 4 is 11.8 Å². The van der Waals surface area contributed by atoms with E-state index in [1.807, 2.05) is 11.0 Å². The van der Waals surface area contributed by atoms with Crippen LogP contribution >= 0.6 is 0 Å². The van der Waals surface area contributed by atoms with E-state index in [0.29, 0.717) is 30.5 Å². The highest BCUT2D eigenvalue weighted by molar-refractivity contribution is 5.76. The Morgan fingerprint density at radius 1 is 1.18 bits per heavy atom. The van der Waals surface area contributed by atoms with Gasteiger partial charge in [0, 0.05) is 32.9 Å². The Hall–Kier alpha value is -2.77. The third kappa shape index (κ3) is 6.21. The van der Waals surface area contributed by atoms with Crippen LogP contribution in [0.15, 0.2) is 28.8 Å². The Morgan fingerprint density at radius 3 is 2.59 bits per heavy atom. The van der Waals surface area contributed by atoms with Gasteiger partial charge in [0.1, 0.15) is 11.4 Å². The fourth-order valence-corrected chi connectivity index (χ4v) is 5.38. The average molecular weight is 471 g/mol. The Labute approximate surface area is 200 Å². The molecule has 1 aromatic heterocycles. The number of hydrogen-bond donors (Lipinski definition) is 1. The molecule has 1 aliphatic carbocycles. The maximum atomic E-state index is 13.4. The third-order valence-corrected chi connectivity index (χ3v) is 7.20. The van der Waals surface area contributed by atoms with Crippen LogP contribution in [-0.4, -0.2) is 39.9 Å². The second-order valence-electron chi connectivity index (χ2n) is 9.85. The van der Waals surface area contributed by atoms with E-state index in [1.165, 1.54) is 13.0 Å². The lowest BCUT2D eigenvalue weighted by Crippen LogP contribution is -2.45. The molecule has 1 N–H and O–H groups in total. The molecule has 1 aliphatic heterocycles. The molecule has 7 nitrogen and oxygen atoms in total. The van der Waals surface area contributed by atoms with Gasteiger partial charge in [-0.25, -0.2) is 4.39 Å². The first kappa shape index (κ1) is 24.4. The number of nitrogens with zero attached hydrogens (tertiary/aromatic N) is 3. The average Bonchev–Trinajstić information content (AvgIpc) is 3.18. The largest absolute Gasteiger partial charge is 0.343 e. The molecule has 2 aromatic rings. The molecule has 1 aromatic carbocycles. The predicted octanol–water partition coefficient (Wildman–Crippen LogP) is 4.31. The summed E-state index contributed by atoms with van der Waals surface area (Å²) in [6, 6.07) is 6.78. The molecule has 0 unspecified atom stereocenters. The van der Waals surface area contributed by atoms with E-state index in [-0.39, 0.29) is 17.6 Å². The maximum absolute atomic E-state index is 13.4. The number of amides is 2. The number of halogens is 1. The number of aromatic nitrogens is 2. The minimum Gasteiger partial charge on any atom is -0.343 e. The van der Waals surface area contributed by atoms with Crippen molar-refractivity contribution in [1.82, 2.24) is 20.4 Å². The molecular weight excluding hydrogens is 435 g/mol. The third-order valence-electron chi connectivity index (χ3n) is 7.20. The van der Waals surface area contributed by atoms with Crippen LogP contribution in [0, 0.1) is 11.7 Å². The van der Waals surface area contributed by atoms with Crippen LogP contribution in [0.25, 0.3) is 0 Å². The van der Waals surface area contributed by atoms with Gasteiger partial charge < -0.3 is 14.7 Å². The summed E-state index contributed by atoms with van der Waals surface area (Å²) in [4.78, 5) is 31.1. The number of benzene rings is 1. The van der Waals surface area contributed by atoms with Gasteiger partial charge in [-0.2, -0.15) is 4.98 Å². The quantitative estimate of drug-likeness (QED) is 0.609. The molecule has 1 saturated carbocycles. The summed E-state index contributed by atoms with van der Waals surface area (Å²) in [5.74, 6) is 1.24. The zero-order valence-electron chi connectivity index (χ0n) is 20.0. The van der Waals surface area contributed by atoms with Crippen molar-refractivity contribution in [3.8, 4) is 0 Å². The van der Waals surface area contributed by atoms with Crippen molar-refractivity contribution in [2.45, 2.75) is 83.1 Å². The van der Waals surface area contributed by atoms with Gasteiger partial charge in [0.2, 0.25) is 17.7 Å². The van der Waals surface area contributed by atoms with E-state index in [2.05, 4.69) is 15.5 Å². The number of piperidine rings is 1. The molecule has 2 fully saturated rings. The zero-order valence-corrected chi connectivity index (χ0v) is 20.0. The van der Waals surface area contributed by atoms with Gasteiger partial charge in [-0.15, -0.1) is 0 Å². The van der Waals surface area contributed by atoms with Crippen molar-refractivity contribution in [3.05, 3.63) is 47.4 Å². The number of carbonyl (C=O) groups is 2. The number of carbonyl (C=O) groups excluding carboxylic acids is 2. The number of likely N-dealkylation sites (tertiary alicyclic amines) is 1. The van der Waals surface area contributed by atoms with E-state index in [4.69, 9.17) is 4.52 Å². The van der Waals surface area contributed by atoms with Gasteiger partial charge in [-0.05, 0) is 55.7 Å². The lowest BCUT2D eigenvalue weighted by molar-refractivity contribution is -0.132. The number of aryl methyl sites for hydroxylation is 1. The first-order valence-corrected chi connectivity index (χ1v) is 12.6. The molecule has 184 valence electrons. The smallest absolute Gasteiger partial charge is 0.227 e. The summed E-state index contributed by atoms with van der Waals surface area (Å²) in [6.45, 7) is 2.96. The van der Waals surface area contributed by atoms with Gasteiger partial charge in [0.05, 0.1) is 0 Å². The molecule has 34 heavy (non-hydrogen) atoms. The van der Waals surface area contributed by atoms with Gasteiger partial charge in [-0.3, -0.25) is 9.59 Å². The van der Waals surface area contributed by atoms with Crippen molar-refractivity contribution in [1.29, 1.82) is 0 Å². The van der Waals surface area contributed by atoms with Crippen molar-refractivity contribution < 1.29 is 18.5 Å². The second-order valence-corrected chi connectivity index (χ2v) is 9.85. The molecule has 0 radical (unpaired) electrons. The molecule has 1 saturated heterocycles. The van der Waals surface area contributed by atoms with Crippen LogP contribution in [0.5, 0.6) is 0 Å². The molecule has 0 bridgehead atoms. The Kier molecular flexibility index (Phi) is 7.95. The minimum atomic E-state index is -0.572. The van der Waals surface area contributed by atoms with Gasteiger partial charge in [-0.1, -0.05) is 43.0 Å². The molecule has 2 aliphatic rings. The van der Waals surface area contributed by atoms with Crippen LogP contribution in [0.2, 0.25) is 0 Å². The van der Waals surface area contributed by atoms with E-state index < -0.39 is 5.54 Å². The van der Waals surface area contributed by atoms with Gasteiger partial charge >= 0.3 is 0 Å². The Balaban J connectivity index is 1.28. The minimum absolute atomic E-state index is 0.0926. The summed E-state index contributed by atoms with van der Waals surface area (Å²) in [6.07, 6.45) is 9.31. The molecule has 0 spiro atoms. The molecule has 8 heteroatoms. The van der Waals surface area contributed by atoms with Crippen LogP contribution in [-0.2, 0) is 28.0 Å². The van der Waals surface area contributed by atoms with Crippen molar-refractivity contribution in [2.24, 2.45) is 5.92 Å². The van der Waals surface area contributed by atoms with E-state index in [0.717, 1.165) is 76.4 Å². The lowest BCUT2D eigenvalue weighted by atomic mass is 9.89. The van der Waals surface area contributed by atoms with E-state index >= 15 is 0 Å². The monoisotopic (exact) mass is 470 g/mol. The van der Waals surface area contributed by atoms with Gasteiger partial charge in [0.25, 0.3) is 0 Å². The number of rotatable bonds is 7. The Morgan fingerprint density at radius 2 is 1.91 bits per heavy atom. The van der Waals surface area contributed by atoms with Crippen LogP contribution in [0.3, 0.4) is 0 Å². The van der Waals surface area contributed by atoms with Crippen molar-refractivity contribution in [3.63, 3.8) is 0 Å². The topological polar surface area (TPSA) is 88.3 Å². The van der Waals surface area contributed by atoms with Crippen molar-refractivity contribution in [2.75, 3.05) is 13.1 Å². The molecule has 4 rings (SSSR count). The highest BCUT2D eigenvalue weighted by atomic mass is 19.1. The summed E-state index contributed by atoms with van der Waals surface area (Å²) < 4.78 is 18.9.